The minimum Gasteiger partial charge on any atom is -0.339 e. The number of carbonyl (C=O) groups is 1. The van der Waals surface area contributed by atoms with Gasteiger partial charge in [-0.25, -0.2) is 16.8 Å². The number of benzene rings is 1. The molecule has 164 valence electrons. The molecule has 14 heteroatoms. The van der Waals surface area contributed by atoms with Gasteiger partial charge in [0.25, 0.3) is 0 Å². The van der Waals surface area contributed by atoms with E-state index in [-0.39, 0.29) is 31.2 Å². The fraction of sp³-hybridized carbons (Fsp3) is 0.533. The Morgan fingerprint density at radius 1 is 1.14 bits per heavy atom. The van der Waals surface area contributed by atoms with Crippen molar-refractivity contribution in [2.24, 2.45) is 0 Å². The summed E-state index contributed by atoms with van der Waals surface area (Å²) in [5.41, 5.74) is -1.14. The normalized spacial score (nSPS) is 17.0. The average molecular weight is 478 g/mol. The number of likely N-dealkylation sites (N-methyl/N-ethyl adjacent to an activating group) is 1. The lowest BCUT2D eigenvalue weighted by Crippen LogP contribution is -2.52. The number of carbonyl (C=O) groups excluding carboxylic acids is 1. The molecular formula is C15H19ClF3N3O5S2. The maximum Gasteiger partial charge on any atom is 0.416 e. The van der Waals surface area contributed by atoms with Crippen molar-refractivity contribution in [3.63, 3.8) is 0 Å². The van der Waals surface area contributed by atoms with E-state index in [9.17, 15) is 34.8 Å². The van der Waals surface area contributed by atoms with E-state index in [2.05, 4.69) is 0 Å². The van der Waals surface area contributed by atoms with E-state index in [1.54, 1.807) is 0 Å². The highest BCUT2D eigenvalue weighted by atomic mass is 35.5. The molecule has 1 aliphatic heterocycles. The van der Waals surface area contributed by atoms with E-state index in [4.69, 9.17) is 11.6 Å². The van der Waals surface area contributed by atoms with Crippen molar-refractivity contribution in [1.29, 1.82) is 0 Å². The zero-order valence-corrected chi connectivity index (χ0v) is 17.9. The molecule has 0 radical (unpaired) electrons. The molecule has 1 fully saturated rings. The van der Waals surface area contributed by atoms with Crippen LogP contribution in [0.3, 0.4) is 0 Å². The first-order valence-corrected chi connectivity index (χ1v) is 11.9. The van der Waals surface area contributed by atoms with Gasteiger partial charge in [-0.15, -0.1) is 0 Å². The molecule has 0 saturated carbocycles. The number of amides is 1. The van der Waals surface area contributed by atoms with Gasteiger partial charge < -0.3 is 4.90 Å². The summed E-state index contributed by atoms with van der Waals surface area (Å²) in [5.74, 6) is -0.507. The topological polar surface area (TPSA) is 95.1 Å². The summed E-state index contributed by atoms with van der Waals surface area (Å²) < 4.78 is 88.9. The first-order chi connectivity index (χ1) is 13.1. The largest absolute Gasteiger partial charge is 0.416 e. The quantitative estimate of drug-likeness (QED) is 0.632. The standard InChI is InChI=1S/C15H19ClF3N3O5S2/c1-20(28(2,24)25)10-14(23)21-5-7-22(8-6-21)29(26,27)13-9-11(15(17,18)19)3-4-12(13)16/h3-4,9H,5-8,10H2,1-2H3. The van der Waals surface area contributed by atoms with Gasteiger partial charge in [0.15, 0.2) is 0 Å². The molecule has 0 bridgehead atoms. The summed E-state index contributed by atoms with van der Waals surface area (Å²) in [7, 11) is -6.63. The Morgan fingerprint density at radius 3 is 2.17 bits per heavy atom. The Balaban J connectivity index is 2.14. The monoisotopic (exact) mass is 477 g/mol. The van der Waals surface area contributed by atoms with E-state index in [0.29, 0.717) is 12.1 Å². The zero-order valence-electron chi connectivity index (χ0n) is 15.5. The molecule has 0 aliphatic carbocycles. The lowest BCUT2D eigenvalue weighted by molar-refractivity contribution is -0.137. The fourth-order valence-corrected chi connectivity index (χ4v) is 4.87. The van der Waals surface area contributed by atoms with E-state index < -0.39 is 49.1 Å². The molecule has 0 spiro atoms. The van der Waals surface area contributed by atoms with Crippen LogP contribution in [0.15, 0.2) is 23.1 Å². The molecule has 1 amide bonds. The Morgan fingerprint density at radius 2 is 1.69 bits per heavy atom. The van der Waals surface area contributed by atoms with Gasteiger partial charge in [0, 0.05) is 33.2 Å². The summed E-state index contributed by atoms with van der Waals surface area (Å²) in [6, 6.07) is 2.05. The molecule has 0 atom stereocenters. The second kappa shape index (κ2) is 8.38. The van der Waals surface area contributed by atoms with Crippen LogP contribution in [0.1, 0.15) is 5.56 Å². The summed E-state index contributed by atoms with van der Waals surface area (Å²) in [5, 5.41) is -0.341. The maximum absolute atomic E-state index is 12.9. The smallest absolute Gasteiger partial charge is 0.339 e. The lowest BCUT2D eigenvalue weighted by atomic mass is 10.2. The molecule has 0 unspecified atom stereocenters. The molecule has 1 heterocycles. The number of alkyl halides is 3. The van der Waals surface area contributed by atoms with Crippen LogP contribution in [0.5, 0.6) is 0 Å². The van der Waals surface area contributed by atoms with E-state index in [1.807, 2.05) is 0 Å². The second-order valence-electron chi connectivity index (χ2n) is 6.45. The number of piperazine rings is 1. The Bertz CT molecular complexity index is 991. The minimum atomic E-state index is -4.73. The number of halogens is 4. The van der Waals surface area contributed by atoms with E-state index >= 15 is 0 Å². The van der Waals surface area contributed by atoms with Gasteiger partial charge in [-0.2, -0.15) is 21.8 Å². The highest BCUT2D eigenvalue weighted by Gasteiger charge is 2.36. The highest BCUT2D eigenvalue weighted by molar-refractivity contribution is 7.89. The Kier molecular flexibility index (Phi) is 6.89. The van der Waals surface area contributed by atoms with Crippen LogP contribution >= 0.6 is 11.6 Å². The SMILES string of the molecule is CN(CC(=O)N1CCN(S(=O)(=O)c2cc(C(F)(F)F)ccc2Cl)CC1)S(C)(=O)=O. The molecule has 0 aromatic heterocycles. The first kappa shape index (κ1) is 23.9. The van der Waals surface area contributed by atoms with Gasteiger partial charge in [-0.05, 0) is 18.2 Å². The predicted molar refractivity (Wildman–Crippen MR) is 99.3 cm³/mol. The first-order valence-electron chi connectivity index (χ1n) is 8.20. The van der Waals surface area contributed by atoms with Gasteiger partial charge in [-0.3, -0.25) is 4.79 Å². The van der Waals surface area contributed by atoms with Crippen molar-refractivity contribution in [2.45, 2.75) is 11.1 Å². The van der Waals surface area contributed by atoms with Gasteiger partial charge in [0.1, 0.15) is 4.90 Å². The second-order valence-corrected chi connectivity index (χ2v) is 10.8. The molecule has 29 heavy (non-hydrogen) atoms. The number of sulfonamides is 2. The predicted octanol–water partition coefficient (Wildman–Crippen LogP) is 1.08. The Labute approximate surface area is 171 Å². The van der Waals surface area contributed by atoms with Gasteiger partial charge in [0.05, 0.1) is 23.4 Å². The van der Waals surface area contributed by atoms with Gasteiger partial charge in [-0.1, -0.05) is 11.6 Å². The molecule has 1 aliphatic rings. The van der Waals surface area contributed by atoms with Crippen molar-refractivity contribution >= 4 is 37.6 Å². The lowest BCUT2D eigenvalue weighted by Gasteiger charge is -2.34. The number of rotatable bonds is 5. The third-order valence-electron chi connectivity index (χ3n) is 4.39. The third-order valence-corrected chi connectivity index (χ3v) is 8.03. The third kappa shape index (κ3) is 5.60. The fourth-order valence-electron chi connectivity index (χ4n) is 2.60. The molecular weight excluding hydrogens is 459 g/mol. The van der Waals surface area contributed by atoms with Crippen molar-refractivity contribution < 1.29 is 34.8 Å². The highest BCUT2D eigenvalue weighted by Crippen LogP contribution is 2.34. The molecule has 1 aromatic carbocycles. The average Bonchev–Trinajstić information content (AvgIpc) is 2.60. The van der Waals surface area contributed by atoms with Crippen LogP contribution in [0.4, 0.5) is 13.2 Å². The molecule has 1 saturated heterocycles. The van der Waals surface area contributed by atoms with Crippen LogP contribution in [0.25, 0.3) is 0 Å². The maximum atomic E-state index is 12.9. The number of hydrogen-bond donors (Lipinski definition) is 0. The van der Waals surface area contributed by atoms with Crippen LogP contribution in [-0.4, -0.2) is 82.3 Å². The van der Waals surface area contributed by atoms with Crippen LogP contribution < -0.4 is 0 Å². The van der Waals surface area contributed by atoms with E-state index in [1.165, 1.54) is 11.9 Å². The molecule has 1 aromatic rings. The zero-order chi connectivity index (χ0) is 22.2. The van der Waals surface area contributed by atoms with Crippen molar-refractivity contribution in [3.8, 4) is 0 Å². The van der Waals surface area contributed by atoms with Crippen molar-refractivity contribution in [3.05, 3.63) is 28.8 Å². The summed E-state index contributed by atoms with van der Waals surface area (Å²) >= 11 is 5.83. The molecule has 2 rings (SSSR count). The van der Waals surface area contributed by atoms with Crippen molar-refractivity contribution in [1.82, 2.24) is 13.5 Å². The number of nitrogens with zero attached hydrogens (tertiary/aromatic N) is 3. The van der Waals surface area contributed by atoms with Crippen LogP contribution in [-0.2, 0) is 31.0 Å². The molecule has 0 N–H and O–H groups in total. The molecule has 8 nitrogen and oxygen atoms in total. The van der Waals surface area contributed by atoms with Gasteiger partial charge >= 0.3 is 6.18 Å². The minimum absolute atomic E-state index is 0.0355. The Hall–Kier alpha value is -1.41. The summed E-state index contributed by atoms with van der Waals surface area (Å²) in [6.07, 6.45) is -3.78. The number of hydrogen-bond acceptors (Lipinski definition) is 5. The van der Waals surface area contributed by atoms with E-state index in [0.717, 1.165) is 20.9 Å². The van der Waals surface area contributed by atoms with Crippen LogP contribution in [0, 0.1) is 0 Å². The summed E-state index contributed by atoms with van der Waals surface area (Å²) in [4.78, 5) is 12.8. The van der Waals surface area contributed by atoms with Crippen LogP contribution in [0.2, 0.25) is 5.02 Å². The van der Waals surface area contributed by atoms with Gasteiger partial charge in [0.2, 0.25) is 26.0 Å². The summed E-state index contributed by atoms with van der Waals surface area (Å²) in [6.45, 7) is -0.796. The van der Waals surface area contributed by atoms with Crippen molar-refractivity contribution in [2.75, 3.05) is 46.0 Å².